The summed E-state index contributed by atoms with van der Waals surface area (Å²) in [5, 5.41) is 0. The lowest BCUT2D eigenvalue weighted by molar-refractivity contribution is -0.130. The van der Waals surface area contributed by atoms with Crippen molar-refractivity contribution in [2.75, 3.05) is 0 Å². The first-order valence-corrected chi connectivity index (χ1v) is 3.64. The number of halogens is 4. The highest BCUT2D eigenvalue weighted by molar-refractivity contribution is 4.98. The van der Waals surface area contributed by atoms with Gasteiger partial charge in [-0.1, -0.05) is 12.2 Å². The summed E-state index contributed by atoms with van der Waals surface area (Å²) in [6.07, 6.45) is -3.82. The molecule has 0 aromatic rings. The van der Waals surface area contributed by atoms with E-state index >= 15 is 0 Å². The third-order valence-electron chi connectivity index (χ3n) is 1.28. The zero-order chi connectivity index (χ0) is 10.5. The quantitative estimate of drug-likeness (QED) is 0.544. The van der Waals surface area contributed by atoms with Crippen molar-refractivity contribution in [2.24, 2.45) is 5.73 Å². The van der Waals surface area contributed by atoms with Crippen molar-refractivity contribution in [3.63, 3.8) is 0 Å². The van der Waals surface area contributed by atoms with Crippen LogP contribution in [0.2, 0.25) is 0 Å². The normalized spacial score (nSPS) is 15.6. The molecule has 0 aromatic heterocycles. The van der Waals surface area contributed by atoms with Crippen LogP contribution in [0.25, 0.3) is 0 Å². The van der Waals surface area contributed by atoms with Gasteiger partial charge in [0.25, 0.3) is 0 Å². The van der Waals surface area contributed by atoms with E-state index < -0.39 is 24.5 Å². The third-order valence-corrected chi connectivity index (χ3v) is 1.28. The average Bonchev–Trinajstić information content (AvgIpc) is 1.97. The second kappa shape index (κ2) is 5.01. The molecule has 0 bridgehead atoms. The molecule has 0 heterocycles. The average molecular weight is 197 g/mol. The lowest BCUT2D eigenvalue weighted by Gasteiger charge is -2.04. The Hall–Kier alpha value is -0.840. The van der Waals surface area contributed by atoms with Gasteiger partial charge < -0.3 is 5.73 Å². The van der Waals surface area contributed by atoms with E-state index in [0.29, 0.717) is 0 Å². The molecule has 1 unspecified atom stereocenters. The highest BCUT2D eigenvalue weighted by Crippen LogP contribution is 2.25. The van der Waals surface area contributed by atoms with E-state index in [2.05, 4.69) is 6.58 Å². The molecule has 0 radical (unpaired) electrons. The second-order valence-corrected chi connectivity index (χ2v) is 2.58. The van der Waals surface area contributed by atoms with Crippen molar-refractivity contribution in [3.05, 3.63) is 24.6 Å². The molecule has 0 rings (SSSR count). The van der Waals surface area contributed by atoms with Crippen LogP contribution in [0, 0.1) is 0 Å². The van der Waals surface area contributed by atoms with Crippen LogP contribution in [0.1, 0.15) is 12.8 Å². The SMILES string of the molecule is C=CC(N)C/C=C(/F)CC(F)(F)F. The van der Waals surface area contributed by atoms with Crippen molar-refractivity contribution < 1.29 is 17.6 Å². The number of allylic oxidation sites excluding steroid dienone is 1. The zero-order valence-corrected chi connectivity index (χ0v) is 6.94. The lowest BCUT2D eigenvalue weighted by Crippen LogP contribution is -2.15. The molecule has 1 atom stereocenters. The predicted octanol–water partition coefficient (Wildman–Crippen LogP) is 2.70. The van der Waals surface area contributed by atoms with Crippen molar-refractivity contribution in [2.45, 2.75) is 25.1 Å². The molecule has 1 nitrogen and oxygen atoms in total. The van der Waals surface area contributed by atoms with Gasteiger partial charge >= 0.3 is 6.18 Å². The standard InChI is InChI=1S/C8H11F4N/c1-2-7(13)4-3-6(9)5-8(10,11)12/h2-3,7H,1,4-5,13H2/b6-3+. The van der Waals surface area contributed by atoms with Gasteiger partial charge in [-0.05, 0) is 6.42 Å². The molecule has 0 aliphatic heterocycles. The van der Waals surface area contributed by atoms with Gasteiger partial charge in [-0.3, -0.25) is 0 Å². The first kappa shape index (κ1) is 12.2. The molecule has 0 aliphatic rings. The summed E-state index contributed by atoms with van der Waals surface area (Å²) in [5.74, 6) is -1.20. The first-order chi connectivity index (χ1) is 5.85. The smallest absolute Gasteiger partial charge is 0.324 e. The van der Waals surface area contributed by atoms with Crippen LogP contribution in [-0.4, -0.2) is 12.2 Å². The minimum atomic E-state index is -4.50. The van der Waals surface area contributed by atoms with E-state index in [1.54, 1.807) is 0 Å². The Balaban J connectivity index is 3.96. The Morgan fingerprint density at radius 1 is 1.46 bits per heavy atom. The van der Waals surface area contributed by atoms with E-state index in [4.69, 9.17) is 5.73 Å². The van der Waals surface area contributed by atoms with E-state index in [1.165, 1.54) is 6.08 Å². The van der Waals surface area contributed by atoms with E-state index in [9.17, 15) is 17.6 Å². The molecule has 0 fully saturated rings. The van der Waals surface area contributed by atoms with Crippen LogP contribution in [0.15, 0.2) is 24.6 Å². The van der Waals surface area contributed by atoms with E-state index in [1.807, 2.05) is 0 Å². The van der Waals surface area contributed by atoms with Gasteiger partial charge in [-0.15, -0.1) is 6.58 Å². The molecular formula is C8H11F4N. The molecule has 0 aromatic carbocycles. The van der Waals surface area contributed by atoms with Crippen LogP contribution < -0.4 is 5.73 Å². The number of nitrogens with two attached hydrogens (primary N) is 1. The molecule has 13 heavy (non-hydrogen) atoms. The fourth-order valence-electron chi connectivity index (χ4n) is 0.624. The van der Waals surface area contributed by atoms with Crippen molar-refractivity contribution in [1.29, 1.82) is 0 Å². The summed E-state index contributed by atoms with van der Waals surface area (Å²) in [6, 6.07) is -0.501. The maximum Gasteiger partial charge on any atom is 0.395 e. The van der Waals surface area contributed by atoms with Gasteiger partial charge in [0.2, 0.25) is 0 Å². The molecule has 0 spiro atoms. The number of rotatable bonds is 4. The van der Waals surface area contributed by atoms with Gasteiger partial charge in [-0.25, -0.2) is 4.39 Å². The third kappa shape index (κ3) is 7.52. The Bertz CT molecular complexity index is 195. The van der Waals surface area contributed by atoms with Crippen LogP contribution >= 0.6 is 0 Å². The van der Waals surface area contributed by atoms with Crippen molar-refractivity contribution in [1.82, 2.24) is 0 Å². The van der Waals surface area contributed by atoms with E-state index in [-0.39, 0.29) is 6.42 Å². The maximum absolute atomic E-state index is 12.4. The number of hydrogen-bond donors (Lipinski definition) is 1. The molecule has 0 saturated carbocycles. The summed E-state index contributed by atoms with van der Waals surface area (Å²) in [7, 11) is 0. The van der Waals surface area contributed by atoms with Crippen molar-refractivity contribution >= 4 is 0 Å². The maximum atomic E-state index is 12.4. The van der Waals surface area contributed by atoms with Crippen molar-refractivity contribution in [3.8, 4) is 0 Å². The minimum Gasteiger partial charge on any atom is -0.324 e. The Labute approximate surface area is 73.9 Å². The zero-order valence-electron chi connectivity index (χ0n) is 6.94. The predicted molar refractivity (Wildman–Crippen MR) is 42.7 cm³/mol. The highest BCUT2D eigenvalue weighted by Gasteiger charge is 2.28. The number of hydrogen-bond acceptors (Lipinski definition) is 1. The van der Waals surface area contributed by atoms with Gasteiger partial charge in [0.15, 0.2) is 0 Å². The minimum absolute atomic E-state index is 0.0331. The molecule has 0 saturated heterocycles. The Morgan fingerprint density at radius 3 is 2.38 bits per heavy atom. The topological polar surface area (TPSA) is 26.0 Å². The molecule has 0 aliphatic carbocycles. The lowest BCUT2D eigenvalue weighted by atomic mass is 10.2. The summed E-state index contributed by atoms with van der Waals surface area (Å²) in [6.45, 7) is 3.31. The van der Waals surface area contributed by atoms with Gasteiger partial charge in [-0.2, -0.15) is 13.2 Å². The Kier molecular flexibility index (Phi) is 4.69. The molecule has 5 heteroatoms. The molecule has 76 valence electrons. The summed E-state index contributed by atoms with van der Waals surface area (Å²) < 4.78 is 47.2. The monoisotopic (exact) mass is 197 g/mol. The largest absolute Gasteiger partial charge is 0.395 e. The molecular weight excluding hydrogens is 186 g/mol. The van der Waals surface area contributed by atoms with E-state index in [0.717, 1.165) is 6.08 Å². The van der Waals surface area contributed by atoms with Crippen LogP contribution in [0.5, 0.6) is 0 Å². The van der Waals surface area contributed by atoms with Gasteiger partial charge in [0.1, 0.15) is 5.83 Å². The Morgan fingerprint density at radius 2 is 2.00 bits per heavy atom. The fraction of sp³-hybridized carbons (Fsp3) is 0.500. The number of alkyl halides is 3. The van der Waals surface area contributed by atoms with Gasteiger partial charge in [0.05, 0.1) is 6.42 Å². The van der Waals surface area contributed by atoms with Gasteiger partial charge in [0, 0.05) is 6.04 Å². The molecule has 0 amide bonds. The van der Waals surface area contributed by atoms with Crippen LogP contribution in [0.3, 0.4) is 0 Å². The first-order valence-electron chi connectivity index (χ1n) is 3.64. The molecule has 2 N–H and O–H groups in total. The van der Waals surface area contributed by atoms with Crippen LogP contribution in [-0.2, 0) is 0 Å². The summed E-state index contributed by atoms with van der Waals surface area (Å²) >= 11 is 0. The summed E-state index contributed by atoms with van der Waals surface area (Å²) in [4.78, 5) is 0. The fourth-order valence-corrected chi connectivity index (χ4v) is 0.624. The van der Waals surface area contributed by atoms with Crippen LogP contribution in [0.4, 0.5) is 17.6 Å². The summed E-state index contributed by atoms with van der Waals surface area (Å²) in [5.41, 5.74) is 5.27. The second-order valence-electron chi connectivity index (χ2n) is 2.58. The highest BCUT2D eigenvalue weighted by atomic mass is 19.4.